The summed E-state index contributed by atoms with van der Waals surface area (Å²) in [7, 11) is 5.79. The predicted octanol–water partition coefficient (Wildman–Crippen LogP) is 1.48. The van der Waals surface area contributed by atoms with Crippen LogP contribution < -0.4 is 5.32 Å². The van der Waals surface area contributed by atoms with Crippen molar-refractivity contribution in [3.05, 3.63) is 0 Å². The summed E-state index contributed by atoms with van der Waals surface area (Å²) in [5.41, 5.74) is 0. The molecule has 2 aliphatic heterocycles. The zero-order valence-corrected chi connectivity index (χ0v) is 19.8. The lowest BCUT2D eigenvalue weighted by Crippen LogP contribution is -2.43. The normalized spacial score (nSPS) is 23.2. The van der Waals surface area contributed by atoms with Crippen LogP contribution in [0.2, 0.25) is 0 Å². The molecule has 0 aliphatic carbocycles. The molecule has 8 heteroatoms. The molecule has 0 radical (unpaired) electrons. The van der Waals surface area contributed by atoms with E-state index in [1.807, 2.05) is 14.1 Å². The van der Waals surface area contributed by atoms with Crippen LogP contribution in [0.4, 0.5) is 0 Å². The summed E-state index contributed by atoms with van der Waals surface area (Å²) in [4.78, 5) is 23.3. The number of guanidine groups is 1. The number of ether oxygens (including phenoxy) is 1. The van der Waals surface area contributed by atoms with Gasteiger partial charge in [0.05, 0.1) is 12.6 Å². The van der Waals surface area contributed by atoms with E-state index < -0.39 is 0 Å². The van der Waals surface area contributed by atoms with E-state index in [9.17, 15) is 4.79 Å². The lowest BCUT2D eigenvalue weighted by Gasteiger charge is -2.26. The van der Waals surface area contributed by atoms with Gasteiger partial charge in [0.25, 0.3) is 0 Å². The number of likely N-dealkylation sites (tertiary alicyclic amines) is 1. The Bertz CT molecular complexity index is 469. The molecule has 0 aromatic rings. The Morgan fingerprint density at radius 2 is 2.07 bits per heavy atom. The summed E-state index contributed by atoms with van der Waals surface area (Å²) in [5, 5.41) is 3.39. The molecule has 158 valence electrons. The maximum absolute atomic E-state index is 12.3. The average molecular weight is 495 g/mol. The minimum Gasteiger partial charge on any atom is -0.381 e. The zero-order valence-electron chi connectivity index (χ0n) is 17.4. The van der Waals surface area contributed by atoms with E-state index in [0.29, 0.717) is 5.92 Å². The van der Waals surface area contributed by atoms with Gasteiger partial charge in [-0.25, -0.2) is 0 Å². The monoisotopic (exact) mass is 495 g/mol. The molecule has 1 amide bonds. The molecule has 2 atom stereocenters. The van der Waals surface area contributed by atoms with Crippen molar-refractivity contribution in [2.45, 2.75) is 38.6 Å². The number of hydrogen-bond donors (Lipinski definition) is 1. The lowest BCUT2D eigenvalue weighted by molar-refractivity contribution is -0.133. The molecule has 0 bridgehead atoms. The fourth-order valence-corrected chi connectivity index (χ4v) is 3.80. The summed E-state index contributed by atoms with van der Waals surface area (Å²) in [6.07, 6.45) is 4.21. The third-order valence-corrected chi connectivity index (χ3v) is 5.21. The molecule has 0 saturated carbocycles. The standard InChI is InChI=1S/C19H37N5O2.HI/c1-5-20-19(23(4)14-16-9-13-26-15-16)21-10-7-12-24-11-6-8-17(24)18(25)22(2)3;/h16-17H,5-15H2,1-4H3,(H,20,21);1H. The average Bonchev–Trinajstić information content (AvgIpc) is 3.28. The molecule has 0 spiro atoms. The van der Waals surface area contributed by atoms with Crippen LogP contribution in [0.15, 0.2) is 4.99 Å². The van der Waals surface area contributed by atoms with Gasteiger partial charge in [-0.3, -0.25) is 14.7 Å². The number of halogens is 1. The Hall–Kier alpha value is -0.610. The fraction of sp³-hybridized carbons (Fsp3) is 0.895. The van der Waals surface area contributed by atoms with Gasteiger partial charge in [0.2, 0.25) is 5.91 Å². The predicted molar refractivity (Wildman–Crippen MR) is 121 cm³/mol. The second-order valence-electron chi connectivity index (χ2n) is 7.63. The maximum Gasteiger partial charge on any atom is 0.239 e. The summed E-state index contributed by atoms with van der Waals surface area (Å²) >= 11 is 0. The van der Waals surface area contributed by atoms with E-state index in [1.165, 1.54) is 0 Å². The molecule has 2 rings (SSSR count). The van der Waals surface area contributed by atoms with Gasteiger partial charge in [-0.15, -0.1) is 24.0 Å². The van der Waals surface area contributed by atoms with Gasteiger partial charge in [-0.1, -0.05) is 0 Å². The van der Waals surface area contributed by atoms with Crippen LogP contribution in [0.5, 0.6) is 0 Å². The molecule has 0 aromatic carbocycles. The third kappa shape index (κ3) is 7.73. The Balaban J connectivity index is 0.00000364. The van der Waals surface area contributed by atoms with Gasteiger partial charge in [0.1, 0.15) is 0 Å². The molecule has 0 aromatic heterocycles. The van der Waals surface area contributed by atoms with Crippen LogP contribution >= 0.6 is 24.0 Å². The maximum atomic E-state index is 12.3. The van der Waals surface area contributed by atoms with Crippen LogP contribution in [0.1, 0.15) is 32.6 Å². The summed E-state index contributed by atoms with van der Waals surface area (Å²) in [6, 6.07) is 0.0623. The van der Waals surface area contributed by atoms with Crippen molar-refractivity contribution in [3.8, 4) is 0 Å². The van der Waals surface area contributed by atoms with E-state index in [4.69, 9.17) is 9.73 Å². The lowest BCUT2D eigenvalue weighted by atomic mass is 10.1. The topological polar surface area (TPSA) is 60.4 Å². The highest BCUT2D eigenvalue weighted by Crippen LogP contribution is 2.19. The van der Waals surface area contributed by atoms with Gasteiger partial charge in [-0.05, 0) is 39.2 Å². The number of carbonyl (C=O) groups excluding carboxylic acids is 1. The highest BCUT2D eigenvalue weighted by Gasteiger charge is 2.31. The molecule has 27 heavy (non-hydrogen) atoms. The number of likely N-dealkylation sites (N-methyl/N-ethyl adjacent to an activating group) is 1. The number of rotatable bonds is 8. The molecule has 2 unspecified atom stereocenters. The van der Waals surface area contributed by atoms with E-state index in [1.54, 1.807) is 4.90 Å². The van der Waals surface area contributed by atoms with E-state index in [2.05, 4.69) is 29.1 Å². The second kappa shape index (κ2) is 12.8. The summed E-state index contributed by atoms with van der Waals surface area (Å²) in [6.45, 7) is 8.45. The minimum absolute atomic E-state index is 0. The molecule has 2 heterocycles. The van der Waals surface area contributed by atoms with Crippen LogP contribution in [-0.2, 0) is 9.53 Å². The van der Waals surface area contributed by atoms with Crippen molar-refractivity contribution in [1.29, 1.82) is 0 Å². The van der Waals surface area contributed by atoms with Gasteiger partial charge < -0.3 is 19.9 Å². The number of nitrogens with zero attached hydrogens (tertiary/aromatic N) is 4. The Labute approximate surface area is 181 Å². The van der Waals surface area contributed by atoms with Crippen LogP contribution in [-0.4, -0.2) is 99.7 Å². The second-order valence-corrected chi connectivity index (χ2v) is 7.63. The number of carbonyl (C=O) groups is 1. The number of nitrogens with one attached hydrogen (secondary N) is 1. The number of amides is 1. The van der Waals surface area contributed by atoms with Crippen molar-refractivity contribution in [2.24, 2.45) is 10.9 Å². The van der Waals surface area contributed by atoms with Crippen molar-refractivity contribution < 1.29 is 9.53 Å². The van der Waals surface area contributed by atoms with Crippen molar-refractivity contribution in [3.63, 3.8) is 0 Å². The van der Waals surface area contributed by atoms with Crippen LogP contribution in [0, 0.1) is 5.92 Å². The summed E-state index contributed by atoms with van der Waals surface area (Å²) in [5.74, 6) is 1.81. The zero-order chi connectivity index (χ0) is 18.9. The van der Waals surface area contributed by atoms with E-state index in [-0.39, 0.29) is 35.9 Å². The Morgan fingerprint density at radius 3 is 2.70 bits per heavy atom. The first kappa shape index (κ1) is 24.4. The first-order valence-electron chi connectivity index (χ1n) is 10.0. The van der Waals surface area contributed by atoms with Gasteiger partial charge in [0, 0.05) is 59.8 Å². The molecule has 7 nitrogen and oxygen atoms in total. The van der Waals surface area contributed by atoms with Crippen LogP contribution in [0.25, 0.3) is 0 Å². The number of aliphatic imine (C=N–C) groups is 1. The van der Waals surface area contributed by atoms with Crippen molar-refractivity contribution >= 4 is 35.8 Å². The Morgan fingerprint density at radius 1 is 1.30 bits per heavy atom. The molecular weight excluding hydrogens is 457 g/mol. The third-order valence-electron chi connectivity index (χ3n) is 5.21. The first-order valence-corrected chi connectivity index (χ1v) is 10.0. The largest absolute Gasteiger partial charge is 0.381 e. The Kier molecular flexibility index (Phi) is 11.6. The summed E-state index contributed by atoms with van der Waals surface area (Å²) < 4.78 is 5.48. The molecule has 1 N–H and O–H groups in total. The number of hydrogen-bond acceptors (Lipinski definition) is 4. The van der Waals surface area contributed by atoms with Gasteiger partial charge in [0.15, 0.2) is 5.96 Å². The minimum atomic E-state index is 0. The SMILES string of the molecule is CCNC(=NCCCN1CCCC1C(=O)N(C)C)N(C)CC1CCOC1.I. The quantitative estimate of drug-likeness (QED) is 0.239. The smallest absolute Gasteiger partial charge is 0.239 e. The highest BCUT2D eigenvalue weighted by molar-refractivity contribution is 14.0. The molecule has 2 saturated heterocycles. The fourth-order valence-electron chi connectivity index (χ4n) is 3.80. The molecule has 2 fully saturated rings. The first-order chi connectivity index (χ1) is 12.5. The molecule has 2 aliphatic rings. The van der Waals surface area contributed by atoms with Gasteiger partial charge in [-0.2, -0.15) is 0 Å². The van der Waals surface area contributed by atoms with E-state index in [0.717, 1.165) is 77.6 Å². The van der Waals surface area contributed by atoms with Crippen LogP contribution in [0.3, 0.4) is 0 Å². The van der Waals surface area contributed by atoms with Crippen molar-refractivity contribution in [1.82, 2.24) is 20.0 Å². The van der Waals surface area contributed by atoms with Gasteiger partial charge >= 0.3 is 0 Å². The van der Waals surface area contributed by atoms with Crippen molar-refractivity contribution in [2.75, 3.05) is 67.1 Å². The molecular formula is C19H38IN5O2. The van der Waals surface area contributed by atoms with E-state index >= 15 is 0 Å². The highest BCUT2D eigenvalue weighted by atomic mass is 127.